The number of hydrogen-bond donors (Lipinski definition) is 2. The van der Waals surface area contributed by atoms with Crippen molar-refractivity contribution in [2.24, 2.45) is 5.84 Å². The molecule has 0 aliphatic rings. The normalized spacial score (nSPS) is 12.5. The van der Waals surface area contributed by atoms with Crippen molar-refractivity contribution in [3.05, 3.63) is 68.4 Å². The van der Waals surface area contributed by atoms with Crippen molar-refractivity contribution in [3.63, 3.8) is 0 Å². The Morgan fingerprint density at radius 3 is 2.63 bits per heavy atom. The molecule has 100 valence electrons. The van der Waals surface area contributed by atoms with E-state index in [-0.39, 0.29) is 11.9 Å². The van der Waals surface area contributed by atoms with Crippen molar-refractivity contribution in [2.75, 3.05) is 0 Å². The second-order valence-corrected chi connectivity index (χ2v) is 5.51. The van der Waals surface area contributed by atoms with Gasteiger partial charge in [-0.25, -0.2) is 9.82 Å². The van der Waals surface area contributed by atoms with Crippen molar-refractivity contribution in [1.82, 2.24) is 5.43 Å². The van der Waals surface area contributed by atoms with E-state index in [1.165, 1.54) is 6.07 Å². The summed E-state index contributed by atoms with van der Waals surface area (Å²) in [4.78, 5) is 0. The second-order valence-electron chi connectivity index (χ2n) is 4.24. The lowest BCUT2D eigenvalue weighted by atomic mass is 9.98. The van der Waals surface area contributed by atoms with Gasteiger partial charge in [0.15, 0.2) is 0 Å². The maximum absolute atomic E-state index is 13.7. The average molecular weight is 344 g/mol. The molecule has 2 aromatic rings. The molecule has 1 atom stereocenters. The van der Waals surface area contributed by atoms with Crippen LogP contribution in [0.1, 0.15) is 22.7 Å². The summed E-state index contributed by atoms with van der Waals surface area (Å²) >= 11 is 9.65. The highest BCUT2D eigenvalue weighted by Crippen LogP contribution is 2.34. The summed E-state index contributed by atoms with van der Waals surface area (Å²) in [5.41, 5.74) is 4.79. The fourth-order valence-electron chi connectivity index (χ4n) is 1.92. The maximum Gasteiger partial charge on any atom is 0.126 e. The van der Waals surface area contributed by atoms with Crippen molar-refractivity contribution in [2.45, 2.75) is 13.0 Å². The zero-order valence-electron chi connectivity index (χ0n) is 10.3. The molecule has 2 rings (SSSR count). The summed E-state index contributed by atoms with van der Waals surface area (Å²) in [6.45, 7) is 1.72. The van der Waals surface area contributed by atoms with Gasteiger partial charge in [-0.1, -0.05) is 45.7 Å². The smallest absolute Gasteiger partial charge is 0.126 e. The molecule has 5 heteroatoms. The van der Waals surface area contributed by atoms with Crippen LogP contribution in [0, 0.1) is 12.7 Å². The Morgan fingerprint density at radius 1 is 1.32 bits per heavy atom. The van der Waals surface area contributed by atoms with Crippen LogP contribution in [0.4, 0.5) is 4.39 Å². The molecule has 0 aliphatic heterocycles. The van der Waals surface area contributed by atoms with Crippen LogP contribution in [0.25, 0.3) is 0 Å². The van der Waals surface area contributed by atoms with Gasteiger partial charge in [-0.15, -0.1) is 0 Å². The van der Waals surface area contributed by atoms with Crippen LogP contribution in [0.5, 0.6) is 0 Å². The van der Waals surface area contributed by atoms with Crippen LogP contribution >= 0.6 is 27.5 Å². The molecule has 2 nitrogen and oxygen atoms in total. The van der Waals surface area contributed by atoms with Gasteiger partial charge in [-0.3, -0.25) is 5.84 Å². The van der Waals surface area contributed by atoms with Gasteiger partial charge in [0, 0.05) is 15.1 Å². The minimum absolute atomic E-state index is 0.263. The summed E-state index contributed by atoms with van der Waals surface area (Å²) < 4.78 is 14.5. The third-order valence-corrected chi connectivity index (χ3v) is 4.01. The van der Waals surface area contributed by atoms with Crippen LogP contribution < -0.4 is 11.3 Å². The maximum atomic E-state index is 13.7. The first-order valence-electron chi connectivity index (χ1n) is 5.70. The summed E-state index contributed by atoms with van der Waals surface area (Å²) in [5.74, 6) is 5.35. The number of halogens is 3. The van der Waals surface area contributed by atoms with Crippen LogP contribution in [-0.4, -0.2) is 0 Å². The molecule has 0 aromatic heterocycles. The highest BCUT2D eigenvalue weighted by atomic mass is 79.9. The van der Waals surface area contributed by atoms with E-state index in [0.717, 1.165) is 15.6 Å². The fourth-order valence-corrected chi connectivity index (χ4v) is 2.91. The SMILES string of the molecule is Cc1ccc(C(NN)c2c(Cl)cccc2Br)cc1F. The minimum Gasteiger partial charge on any atom is -0.271 e. The third-order valence-electron chi connectivity index (χ3n) is 2.98. The monoisotopic (exact) mass is 342 g/mol. The first-order valence-corrected chi connectivity index (χ1v) is 6.87. The van der Waals surface area contributed by atoms with Crippen molar-refractivity contribution in [1.29, 1.82) is 0 Å². The van der Waals surface area contributed by atoms with Crippen LogP contribution in [-0.2, 0) is 0 Å². The number of aryl methyl sites for hydroxylation is 1. The topological polar surface area (TPSA) is 38.0 Å². The van der Waals surface area contributed by atoms with Gasteiger partial charge in [0.25, 0.3) is 0 Å². The van der Waals surface area contributed by atoms with Gasteiger partial charge in [0.1, 0.15) is 5.82 Å². The molecule has 0 saturated carbocycles. The van der Waals surface area contributed by atoms with Crippen LogP contribution in [0.3, 0.4) is 0 Å². The van der Waals surface area contributed by atoms with Gasteiger partial charge in [-0.05, 0) is 36.2 Å². The molecule has 0 heterocycles. The molecule has 3 N–H and O–H groups in total. The van der Waals surface area contributed by atoms with E-state index in [1.54, 1.807) is 19.1 Å². The van der Waals surface area contributed by atoms with E-state index in [1.807, 2.05) is 18.2 Å². The Bertz CT molecular complexity index is 584. The Hall–Kier alpha value is -0.940. The zero-order valence-corrected chi connectivity index (χ0v) is 12.6. The van der Waals surface area contributed by atoms with E-state index in [9.17, 15) is 4.39 Å². The number of nitrogens with two attached hydrogens (primary N) is 1. The highest BCUT2D eigenvalue weighted by Gasteiger charge is 2.19. The number of hydrazine groups is 1. The predicted octanol–water partition coefficient (Wildman–Crippen LogP) is 4.10. The Kier molecular flexibility index (Phi) is 4.58. The molecule has 0 saturated heterocycles. The molecular formula is C14H13BrClFN2. The molecule has 0 aliphatic carbocycles. The van der Waals surface area contributed by atoms with E-state index >= 15 is 0 Å². The standard InChI is InChI=1S/C14H13BrClFN2/c1-8-5-6-9(7-12(8)17)14(19-18)13-10(15)3-2-4-11(13)16/h2-7,14,19H,18H2,1H3. The number of benzene rings is 2. The average Bonchev–Trinajstić information content (AvgIpc) is 2.37. The quantitative estimate of drug-likeness (QED) is 0.650. The first-order chi connectivity index (χ1) is 9.04. The van der Waals surface area contributed by atoms with Gasteiger partial charge in [-0.2, -0.15) is 0 Å². The molecule has 0 amide bonds. The Balaban J connectivity index is 2.53. The molecule has 1 unspecified atom stereocenters. The van der Waals surface area contributed by atoms with Crippen molar-refractivity contribution >= 4 is 27.5 Å². The zero-order chi connectivity index (χ0) is 14.0. The first kappa shape index (κ1) is 14.5. The fraction of sp³-hybridized carbons (Fsp3) is 0.143. The lowest BCUT2D eigenvalue weighted by Crippen LogP contribution is -2.29. The van der Waals surface area contributed by atoms with Gasteiger partial charge >= 0.3 is 0 Å². The van der Waals surface area contributed by atoms with Crippen LogP contribution in [0.2, 0.25) is 5.02 Å². The summed E-state index contributed by atoms with van der Waals surface area (Å²) in [6.07, 6.45) is 0. The van der Waals surface area contributed by atoms with Crippen molar-refractivity contribution in [3.8, 4) is 0 Å². The van der Waals surface area contributed by atoms with E-state index in [0.29, 0.717) is 10.6 Å². The molecular weight excluding hydrogens is 331 g/mol. The van der Waals surface area contributed by atoms with E-state index in [4.69, 9.17) is 17.4 Å². The minimum atomic E-state index is -0.377. The molecule has 0 spiro atoms. The molecule has 0 radical (unpaired) electrons. The molecule has 19 heavy (non-hydrogen) atoms. The highest BCUT2D eigenvalue weighted by molar-refractivity contribution is 9.10. The summed E-state index contributed by atoms with van der Waals surface area (Å²) in [7, 11) is 0. The van der Waals surface area contributed by atoms with E-state index < -0.39 is 0 Å². The second kappa shape index (κ2) is 6.01. The number of rotatable bonds is 3. The summed E-state index contributed by atoms with van der Waals surface area (Å²) in [6, 6.07) is 10.1. The van der Waals surface area contributed by atoms with Gasteiger partial charge in [0.2, 0.25) is 0 Å². The lowest BCUT2D eigenvalue weighted by molar-refractivity contribution is 0.598. The Morgan fingerprint density at radius 2 is 2.05 bits per heavy atom. The molecule has 0 fully saturated rings. The number of nitrogens with one attached hydrogen (secondary N) is 1. The molecule has 2 aromatic carbocycles. The summed E-state index contributed by atoms with van der Waals surface area (Å²) in [5, 5.41) is 0.568. The van der Waals surface area contributed by atoms with Gasteiger partial charge in [0.05, 0.1) is 6.04 Å². The van der Waals surface area contributed by atoms with Gasteiger partial charge < -0.3 is 0 Å². The van der Waals surface area contributed by atoms with Crippen LogP contribution in [0.15, 0.2) is 40.9 Å². The predicted molar refractivity (Wildman–Crippen MR) is 79.5 cm³/mol. The largest absolute Gasteiger partial charge is 0.271 e. The van der Waals surface area contributed by atoms with E-state index in [2.05, 4.69) is 21.4 Å². The molecule has 0 bridgehead atoms. The number of hydrogen-bond acceptors (Lipinski definition) is 2. The Labute approximate surface area is 124 Å². The van der Waals surface area contributed by atoms with Crippen molar-refractivity contribution < 1.29 is 4.39 Å². The third kappa shape index (κ3) is 2.98. The lowest BCUT2D eigenvalue weighted by Gasteiger charge is -2.20.